The van der Waals surface area contributed by atoms with Gasteiger partial charge in [0.2, 0.25) is 0 Å². The summed E-state index contributed by atoms with van der Waals surface area (Å²) < 4.78 is 26.7. The number of halogens is 2. The average molecular weight is 241 g/mol. The van der Waals surface area contributed by atoms with Gasteiger partial charge in [-0.25, -0.2) is 13.8 Å². The van der Waals surface area contributed by atoms with Crippen LogP contribution in [0.2, 0.25) is 0 Å². The third-order valence-electron chi connectivity index (χ3n) is 3.33. The summed E-state index contributed by atoms with van der Waals surface area (Å²) in [6, 6.07) is 0.813. The van der Waals surface area contributed by atoms with E-state index >= 15 is 0 Å². The van der Waals surface area contributed by atoms with Gasteiger partial charge in [0.15, 0.2) is 23.3 Å². The van der Waals surface area contributed by atoms with Crippen LogP contribution in [0, 0.1) is 17.6 Å². The van der Waals surface area contributed by atoms with Gasteiger partial charge in [-0.2, -0.15) is 0 Å². The number of nitrogens with zero attached hydrogens (tertiary/aromatic N) is 2. The fourth-order valence-corrected chi connectivity index (χ4v) is 2.28. The topological polar surface area (TPSA) is 42.2 Å². The van der Waals surface area contributed by atoms with Crippen molar-refractivity contribution < 1.29 is 8.78 Å². The lowest BCUT2D eigenvalue weighted by molar-refractivity contribution is 0.399. The van der Waals surface area contributed by atoms with E-state index in [1.54, 1.807) is 0 Å². The largest absolute Gasteiger partial charge is 0.381 e. The van der Waals surface area contributed by atoms with Crippen LogP contribution in [-0.4, -0.2) is 18.1 Å². The van der Waals surface area contributed by atoms with E-state index < -0.39 is 11.6 Å². The lowest BCUT2D eigenvalue weighted by Gasteiger charge is -2.33. The Balaban J connectivity index is 2.24. The summed E-state index contributed by atoms with van der Waals surface area (Å²) >= 11 is 0. The molecule has 2 heterocycles. The predicted octanol–water partition coefficient (Wildman–Crippen LogP) is 2.57. The zero-order valence-electron chi connectivity index (χ0n) is 9.92. The van der Waals surface area contributed by atoms with Crippen LogP contribution in [-0.2, 0) is 0 Å². The molecule has 1 aliphatic heterocycles. The van der Waals surface area contributed by atoms with E-state index in [9.17, 15) is 8.78 Å². The lowest BCUT2D eigenvalue weighted by atomic mass is 9.96. The molecule has 1 atom stereocenters. The number of piperidine rings is 1. The number of pyridine rings is 1. The Labute approximate surface area is 99.6 Å². The van der Waals surface area contributed by atoms with Crippen molar-refractivity contribution in [3.8, 4) is 0 Å². The van der Waals surface area contributed by atoms with Crippen molar-refractivity contribution in [3.63, 3.8) is 0 Å². The minimum Gasteiger partial charge on any atom is -0.381 e. The molecule has 0 aromatic carbocycles. The molecule has 0 spiro atoms. The Morgan fingerprint density at radius 3 is 2.94 bits per heavy atom. The van der Waals surface area contributed by atoms with Crippen molar-refractivity contribution in [3.05, 3.63) is 17.7 Å². The standard InChI is InChI=1S/C12H17F2N3/c1-2-8-4-3-5-17(7-8)12-10(14)6-9(13)11(15)16-12/h6,8H,2-5,7H2,1H3,(H2,15,16). The number of anilines is 2. The molecule has 1 aliphatic rings. The van der Waals surface area contributed by atoms with Crippen LogP contribution in [0.3, 0.4) is 0 Å². The van der Waals surface area contributed by atoms with Crippen LogP contribution in [0.25, 0.3) is 0 Å². The summed E-state index contributed by atoms with van der Waals surface area (Å²) in [6.45, 7) is 3.65. The molecule has 0 bridgehead atoms. The van der Waals surface area contributed by atoms with Crippen LogP contribution in [0.4, 0.5) is 20.4 Å². The summed E-state index contributed by atoms with van der Waals surface area (Å²) in [5, 5.41) is 0. The Morgan fingerprint density at radius 1 is 1.47 bits per heavy atom. The lowest BCUT2D eigenvalue weighted by Crippen LogP contribution is -2.36. The molecular weight excluding hydrogens is 224 g/mol. The van der Waals surface area contributed by atoms with E-state index in [0.29, 0.717) is 5.92 Å². The van der Waals surface area contributed by atoms with Crippen LogP contribution < -0.4 is 10.6 Å². The summed E-state index contributed by atoms with van der Waals surface area (Å²) in [5.41, 5.74) is 5.38. The third kappa shape index (κ3) is 2.48. The van der Waals surface area contributed by atoms with Gasteiger partial charge in [-0.15, -0.1) is 0 Å². The van der Waals surface area contributed by atoms with Gasteiger partial charge in [0.25, 0.3) is 0 Å². The zero-order valence-corrected chi connectivity index (χ0v) is 9.92. The summed E-state index contributed by atoms with van der Waals surface area (Å²) in [7, 11) is 0. The summed E-state index contributed by atoms with van der Waals surface area (Å²) in [5.74, 6) is -0.929. The number of hydrogen-bond acceptors (Lipinski definition) is 3. The maximum atomic E-state index is 13.6. The Bertz CT molecular complexity index is 409. The summed E-state index contributed by atoms with van der Waals surface area (Å²) in [4.78, 5) is 5.68. The highest BCUT2D eigenvalue weighted by Crippen LogP contribution is 2.27. The molecule has 3 nitrogen and oxygen atoms in total. The maximum absolute atomic E-state index is 13.6. The van der Waals surface area contributed by atoms with Crippen molar-refractivity contribution >= 4 is 11.6 Å². The first-order valence-electron chi connectivity index (χ1n) is 5.98. The molecule has 0 aliphatic carbocycles. The van der Waals surface area contributed by atoms with E-state index in [-0.39, 0.29) is 11.6 Å². The first-order valence-corrected chi connectivity index (χ1v) is 5.98. The van der Waals surface area contributed by atoms with E-state index in [0.717, 1.165) is 38.4 Å². The number of nitrogen functional groups attached to an aromatic ring is 1. The molecule has 1 unspecified atom stereocenters. The zero-order chi connectivity index (χ0) is 12.4. The molecule has 1 aromatic heterocycles. The fraction of sp³-hybridized carbons (Fsp3) is 0.583. The van der Waals surface area contributed by atoms with Gasteiger partial charge in [0.1, 0.15) is 0 Å². The molecule has 5 heteroatoms. The molecule has 94 valence electrons. The Hall–Kier alpha value is -1.39. The monoisotopic (exact) mass is 241 g/mol. The molecule has 1 aromatic rings. The molecule has 0 amide bonds. The van der Waals surface area contributed by atoms with E-state index in [4.69, 9.17) is 5.73 Å². The van der Waals surface area contributed by atoms with E-state index in [1.807, 2.05) is 4.90 Å². The first-order chi connectivity index (χ1) is 8.11. The van der Waals surface area contributed by atoms with Crippen molar-refractivity contribution in [1.82, 2.24) is 4.98 Å². The smallest absolute Gasteiger partial charge is 0.168 e. The average Bonchev–Trinajstić information content (AvgIpc) is 2.34. The molecular formula is C12H17F2N3. The minimum absolute atomic E-state index is 0.182. The second-order valence-electron chi connectivity index (χ2n) is 4.52. The maximum Gasteiger partial charge on any atom is 0.168 e. The van der Waals surface area contributed by atoms with Gasteiger partial charge in [-0.1, -0.05) is 13.3 Å². The highest BCUT2D eigenvalue weighted by atomic mass is 19.1. The van der Waals surface area contributed by atoms with Gasteiger partial charge >= 0.3 is 0 Å². The molecule has 17 heavy (non-hydrogen) atoms. The van der Waals surface area contributed by atoms with Crippen LogP contribution in [0.15, 0.2) is 6.07 Å². The quantitative estimate of drug-likeness (QED) is 0.865. The fourth-order valence-electron chi connectivity index (χ4n) is 2.28. The number of nitrogens with two attached hydrogens (primary N) is 1. The molecule has 2 rings (SSSR count). The van der Waals surface area contributed by atoms with Gasteiger partial charge < -0.3 is 10.6 Å². The highest BCUT2D eigenvalue weighted by Gasteiger charge is 2.23. The molecule has 0 saturated carbocycles. The van der Waals surface area contributed by atoms with Crippen molar-refractivity contribution in [2.24, 2.45) is 5.92 Å². The molecule has 1 fully saturated rings. The van der Waals surface area contributed by atoms with Gasteiger partial charge in [-0.3, -0.25) is 0 Å². The Morgan fingerprint density at radius 2 is 2.24 bits per heavy atom. The molecule has 2 N–H and O–H groups in total. The minimum atomic E-state index is -0.796. The second-order valence-corrected chi connectivity index (χ2v) is 4.52. The number of hydrogen-bond donors (Lipinski definition) is 1. The third-order valence-corrected chi connectivity index (χ3v) is 3.33. The summed E-state index contributed by atoms with van der Waals surface area (Å²) in [6.07, 6.45) is 3.23. The van der Waals surface area contributed by atoms with Gasteiger partial charge in [0.05, 0.1) is 0 Å². The van der Waals surface area contributed by atoms with E-state index in [2.05, 4.69) is 11.9 Å². The first kappa shape index (κ1) is 12.1. The van der Waals surface area contributed by atoms with Crippen molar-refractivity contribution in [2.45, 2.75) is 26.2 Å². The van der Waals surface area contributed by atoms with Gasteiger partial charge in [0, 0.05) is 19.2 Å². The van der Waals surface area contributed by atoms with Crippen molar-refractivity contribution in [2.75, 3.05) is 23.7 Å². The normalized spacial score (nSPS) is 20.6. The predicted molar refractivity (Wildman–Crippen MR) is 63.8 cm³/mol. The highest BCUT2D eigenvalue weighted by molar-refractivity contribution is 5.47. The number of aromatic nitrogens is 1. The number of rotatable bonds is 2. The van der Waals surface area contributed by atoms with Crippen LogP contribution >= 0.6 is 0 Å². The van der Waals surface area contributed by atoms with Crippen LogP contribution in [0.5, 0.6) is 0 Å². The van der Waals surface area contributed by atoms with Crippen LogP contribution in [0.1, 0.15) is 26.2 Å². The SMILES string of the molecule is CCC1CCCN(c2nc(N)c(F)cc2F)C1. The van der Waals surface area contributed by atoms with Crippen molar-refractivity contribution in [1.29, 1.82) is 0 Å². The second kappa shape index (κ2) is 4.85. The molecule has 0 radical (unpaired) electrons. The molecule has 1 saturated heterocycles. The van der Waals surface area contributed by atoms with Gasteiger partial charge in [-0.05, 0) is 18.8 Å². The Kier molecular flexibility index (Phi) is 3.45. The van der Waals surface area contributed by atoms with E-state index in [1.165, 1.54) is 0 Å².